The first-order valence-electron chi connectivity index (χ1n) is 6.44. The van der Waals surface area contributed by atoms with Gasteiger partial charge in [-0.3, -0.25) is 10.1 Å². The summed E-state index contributed by atoms with van der Waals surface area (Å²) in [4.78, 5) is 21.2. The number of carboxylic acids is 1. The van der Waals surface area contributed by atoms with Crippen molar-refractivity contribution in [3.8, 4) is 0 Å². The number of benzene rings is 1. The smallest absolute Gasteiger partial charge is 0.338 e. The summed E-state index contributed by atoms with van der Waals surface area (Å²) in [5.41, 5.74) is -1.07. The number of thioether (sulfide) groups is 1. The molecule has 1 saturated carbocycles. The number of carboxylic acid groups (broad SMARTS) is 1. The van der Waals surface area contributed by atoms with E-state index >= 15 is 0 Å². The van der Waals surface area contributed by atoms with E-state index in [2.05, 4.69) is 5.32 Å². The molecule has 1 aliphatic rings. The van der Waals surface area contributed by atoms with Gasteiger partial charge in [-0.15, -0.1) is 0 Å². The van der Waals surface area contributed by atoms with Gasteiger partial charge in [0.05, 0.1) is 4.92 Å². The van der Waals surface area contributed by atoms with Crippen molar-refractivity contribution in [1.29, 1.82) is 0 Å². The highest BCUT2D eigenvalue weighted by molar-refractivity contribution is 7.99. The van der Waals surface area contributed by atoms with Gasteiger partial charge in [0.2, 0.25) is 0 Å². The quantitative estimate of drug-likeness (QED) is 0.641. The first kappa shape index (κ1) is 15.6. The summed E-state index contributed by atoms with van der Waals surface area (Å²) in [5.74, 6) is -2.50. The van der Waals surface area contributed by atoms with Crippen molar-refractivity contribution < 1.29 is 19.2 Å². The van der Waals surface area contributed by atoms with Gasteiger partial charge in [-0.05, 0) is 19.1 Å². The zero-order chi connectivity index (χ0) is 15.6. The van der Waals surface area contributed by atoms with Gasteiger partial charge in [0.1, 0.15) is 17.1 Å². The maximum Gasteiger partial charge on any atom is 0.338 e. The van der Waals surface area contributed by atoms with Gasteiger partial charge in [-0.25, -0.2) is 9.18 Å². The van der Waals surface area contributed by atoms with Gasteiger partial charge >= 0.3 is 5.97 Å². The molecule has 0 saturated heterocycles. The van der Waals surface area contributed by atoms with Gasteiger partial charge in [0, 0.05) is 23.4 Å². The average molecular weight is 314 g/mol. The molecule has 0 heterocycles. The van der Waals surface area contributed by atoms with Crippen LogP contribution in [0, 0.1) is 15.9 Å². The Bertz CT molecular complexity index is 582. The molecular formula is C13H15FN2O4S. The van der Waals surface area contributed by atoms with E-state index in [0.717, 1.165) is 31.4 Å². The zero-order valence-corrected chi connectivity index (χ0v) is 12.2. The Balaban J connectivity index is 2.36. The van der Waals surface area contributed by atoms with Gasteiger partial charge < -0.3 is 10.4 Å². The van der Waals surface area contributed by atoms with E-state index in [-0.39, 0.29) is 11.7 Å². The fraction of sp³-hybridized carbons (Fsp3) is 0.462. The van der Waals surface area contributed by atoms with Crippen LogP contribution in [0.5, 0.6) is 0 Å². The van der Waals surface area contributed by atoms with Crippen LogP contribution >= 0.6 is 11.8 Å². The molecule has 2 unspecified atom stereocenters. The fourth-order valence-corrected chi connectivity index (χ4v) is 3.50. The van der Waals surface area contributed by atoms with Crippen molar-refractivity contribution in [2.75, 3.05) is 11.6 Å². The van der Waals surface area contributed by atoms with E-state index in [4.69, 9.17) is 5.11 Å². The second-order valence-corrected chi connectivity index (χ2v) is 5.94. The summed E-state index contributed by atoms with van der Waals surface area (Å²) in [6, 6.07) is 1.69. The second kappa shape index (κ2) is 6.30. The predicted molar refractivity (Wildman–Crippen MR) is 78.6 cm³/mol. The molecule has 1 aromatic carbocycles. The molecule has 0 spiro atoms. The number of carbonyl (C=O) groups is 1. The molecule has 0 radical (unpaired) electrons. The molecule has 6 nitrogen and oxygen atoms in total. The summed E-state index contributed by atoms with van der Waals surface area (Å²) in [7, 11) is 0. The fourth-order valence-electron chi connectivity index (χ4n) is 2.57. The SMILES string of the molecule is CSC1CCCC1Nc1cc(F)c(C(=O)O)cc1[N+](=O)[O-]. The third-order valence-electron chi connectivity index (χ3n) is 3.61. The second-order valence-electron chi connectivity index (χ2n) is 4.87. The van der Waals surface area contributed by atoms with Crippen LogP contribution in [0.25, 0.3) is 0 Å². The lowest BCUT2D eigenvalue weighted by molar-refractivity contribution is -0.384. The molecule has 0 aliphatic heterocycles. The maximum atomic E-state index is 13.7. The standard InChI is InChI=1S/C13H15FN2O4S/c1-21-12-4-2-3-9(12)15-10-6-8(14)7(13(17)18)5-11(10)16(19)20/h5-6,9,12,15H,2-4H2,1H3,(H,17,18). The Hall–Kier alpha value is -1.83. The molecule has 21 heavy (non-hydrogen) atoms. The maximum absolute atomic E-state index is 13.7. The minimum Gasteiger partial charge on any atom is -0.478 e. The van der Waals surface area contributed by atoms with Gasteiger partial charge in [-0.2, -0.15) is 11.8 Å². The average Bonchev–Trinajstić information content (AvgIpc) is 2.85. The van der Waals surface area contributed by atoms with Crippen molar-refractivity contribution >= 4 is 29.1 Å². The van der Waals surface area contributed by atoms with Gasteiger partial charge in [0.15, 0.2) is 0 Å². The molecule has 2 N–H and O–H groups in total. The molecule has 0 amide bonds. The molecule has 0 aromatic heterocycles. The molecular weight excluding hydrogens is 299 g/mol. The van der Waals surface area contributed by atoms with Gasteiger partial charge in [0.25, 0.3) is 5.69 Å². The number of nitro benzene ring substituents is 1. The Kier molecular flexibility index (Phi) is 4.66. The number of halogens is 1. The molecule has 2 rings (SSSR count). The Labute approximate surface area is 124 Å². The number of rotatable bonds is 5. The van der Waals surface area contributed by atoms with Crippen LogP contribution < -0.4 is 5.32 Å². The van der Waals surface area contributed by atoms with Crippen molar-refractivity contribution in [2.45, 2.75) is 30.6 Å². The molecule has 2 atom stereocenters. The third kappa shape index (κ3) is 3.26. The summed E-state index contributed by atoms with van der Waals surface area (Å²) < 4.78 is 13.7. The number of hydrogen-bond acceptors (Lipinski definition) is 5. The van der Waals surface area contributed by atoms with Crippen molar-refractivity contribution in [2.24, 2.45) is 0 Å². The first-order valence-corrected chi connectivity index (χ1v) is 7.73. The van der Waals surface area contributed by atoms with Crippen LogP contribution in [0.2, 0.25) is 0 Å². The molecule has 1 aliphatic carbocycles. The number of nitrogens with zero attached hydrogens (tertiary/aromatic N) is 1. The number of aromatic carboxylic acids is 1. The summed E-state index contributed by atoms with van der Waals surface area (Å²) in [5, 5.41) is 23.2. The Morgan fingerprint density at radius 2 is 2.24 bits per heavy atom. The molecule has 1 aromatic rings. The van der Waals surface area contributed by atoms with Crippen LogP contribution in [0.3, 0.4) is 0 Å². The summed E-state index contributed by atoms with van der Waals surface area (Å²) >= 11 is 1.67. The summed E-state index contributed by atoms with van der Waals surface area (Å²) in [6.45, 7) is 0. The highest BCUT2D eigenvalue weighted by Crippen LogP contribution is 2.34. The number of anilines is 1. The highest BCUT2D eigenvalue weighted by Gasteiger charge is 2.29. The van der Waals surface area contributed by atoms with Crippen molar-refractivity contribution in [1.82, 2.24) is 0 Å². The number of nitro groups is 1. The lowest BCUT2D eigenvalue weighted by atomic mass is 10.1. The number of hydrogen-bond donors (Lipinski definition) is 2. The molecule has 8 heteroatoms. The summed E-state index contributed by atoms with van der Waals surface area (Å²) in [6.07, 6.45) is 4.83. The van der Waals surface area contributed by atoms with E-state index < -0.39 is 28.0 Å². The molecule has 1 fully saturated rings. The van der Waals surface area contributed by atoms with E-state index in [0.29, 0.717) is 5.25 Å². The lowest BCUT2D eigenvalue weighted by Crippen LogP contribution is -2.26. The van der Waals surface area contributed by atoms with E-state index in [1.54, 1.807) is 11.8 Å². The van der Waals surface area contributed by atoms with Gasteiger partial charge in [-0.1, -0.05) is 6.42 Å². The van der Waals surface area contributed by atoms with Crippen LogP contribution in [0.1, 0.15) is 29.6 Å². The van der Waals surface area contributed by atoms with Crippen molar-refractivity contribution in [3.63, 3.8) is 0 Å². The highest BCUT2D eigenvalue weighted by atomic mass is 32.2. The van der Waals surface area contributed by atoms with E-state index in [1.165, 1.54) is 0 Å². The Morgan fingerprint density at radius 3 is 2.81 bits per heavy atom. The minimum atomic E-state index is -1.52. The number of nitrogens with one attached hydrogen (secondary N) is 1. The molecule has 114 valence electrons. The van der Waals surface area contributed by atoms with Crippen LogP contribution in [0.15, 0.2) is 12.1 Å². The topological polar surface area (TPSA) is 92.5 Å². The van der Waals surface area contributed by atoms with Crippen molar-refractivity contribution in [3.05, 3.63) is 33.6 Å². The Morgan fingerprint density at radius 1 is 1.52 bits per heavy atom. The van der Waals surface area contributed by atoms with E-state index in [9.17, 15) is 19.3 Å². The largest absolute Gasteiger partial charge is 0.478 e. The van der Waals surface area contributed by atoms with Crippen LogP contribution in [0.4, 0.5) is 15.8 Å². The minimum absolute atomic E-state index is 0.0220. The van der Waals surface area contributed by atoms with Crippen LogP contribution in [-0.4, -0.2) is 33.5 Å². The zero-order valence-electron chi connectivity index (χ0n) is 11.3. The normalized spacial score (nSPS) is 21.2. The predicted octanol–water partition coefficient (Wildman–Crippen LogP) is 3.13. The van der Waals surface area contributed by atoms with E-state index in [1.807, 2.05) is 6.26 Å². The monoisotopic (exact) mass is 314 g/mol. The first-order chi connectivity index (χ1) is 9.93. The third-order valence-corrected chi connectivity index (χ3v) is 4.78. The lowest BCUT2D eigenvalue weighted by Gasteiger charge is -2.20. The molecule has 0 bridgehead atoms. The van der Waals surface area contributed by atoms with Crippen LogP contribution in [-0.2, 0) is 0 Å².